The highest BCUT2D eigenvalue weighted by Crippen LogP contribution is 2.46. The molecule has 4 aromatic rings. The van der Waals surface area contributed by atoms with E-state index >= 15 is 0 Å². The minimum absolute atomic E-state index is 0.331. The summed E-state index contributed by atoms with van der Waals surface area (Å²) in [7, 11) is 0. The molecule has 0 aromatic heterocycles. The molecular weight excluding hydrogens is 544 g/mol. The molecule has 4 aromatic carbocycles. The number of carboxylic acids is 1. The maximum atomic E-state index is 13.6. The molecule has 43 heavy (non-hydrogen) atoms. The van der Waals surface area contributed by atoms with Gasteiger partial charge >= 0.3 is 18.2 Å². The highest BCUT2D eigenvalue weighted by atomic mass is 16.6. The first-order chi connectivity index (χ1) is 21.0. The van der Waals surface area contributed by atoms with Crippen molar-refractivity contribution in [3.05, 3.63) is 119 Å². The van der Waals surface area contributed by atoms with E-state index in [1.807, 2.05) is 97.1 Å². The fourth-order valence-electron chi connectivity index (χ4n) is 6.67. The maximum absolute atomic E-state index is 13.6. The molecule has 0 bridgehead atoms. The Labute approximate surface area is 249 Å². The lowest BCUT2D eigenvalue weighted by molar-refractivity contribution is -0.138. The molecule has 7 rings (SSSR count). The monoisotopic (exact) mass is 574 g/mol. The summed E-state index contributed by atoms with van der Waals surface area (Å²) in [6, 6.07) is 31.0. The lowest BCUT2D eigenvalue weighted by Crippen LogP contribution is -2.50. The Morgan fingerprint density at radius 3 is 1.47 bits per heavy atom. The predicted molar refractivity (Wildman–Crippen MR) is 159 cm³/mol. The third-order valence-corrected chi connectivity index (χ3v) is 8.69. The number of carbonyl (C=O) groups is 3. The molecule has 2 amide bonds. The Morgan fingerprint density at radius 1 is 0.651 bits per heavy atom. The van der Waals surface area contributed by atoms with E-state index in [-0.39, 0.29) is 0 Å². The van der Waals surface area contributed by atoms with Gasteiger partial charge in [0.15, 0.2) is 12.2 Å². The Bertz CT molecular complexity index is 1640. The van der Waals surface area contributed by atoms with Gasteiger partial charge < -0.3 is 19.5 Å². The number of hydrogen-bond acceptors (Lipinski definition) is 5. The Kier molecular flexibility index (Phi) is 6.81. The van der Waals surface area contributed by atoms with Crippen LogP contribution in [-0.4, -0.2) is 58.7 Å². The van der Waals surface area contributed by atoms with Crippen LogP contribution in [0.25, 0.3) is 22.3 Å². The van der Waals surface area contributed by atoms with Gasteiger partial charge in [0.1, 0.15) is 6.54 Å². The van der Waals surface area contributed by atoms with Gasteiger partial charge in [0.05, 0.1) is 0 Å². The Hall–Kier alpha value is -5.11. The lowest BCUT2D eigenvalue weighted by atomic mass is 10.0. The maximum Gasteiger partial charge on any atom is 0.411 e. The number of hydrogen-bond donors (Lipinski definition) is 1. The molecule has 8 heteroatoms. The van der Waals surface area contributed by atoms with Gasteiger partial charge in [0, 0.05) is 41.4 Å². The molecule has 0 unspecified atom stereocenters. The first-order valence-electron chi connectivity index (χ1n) is 14.5. The largest absolute Gasteiger partial charge is 0.480 e. The number of carboxylic acid groups (broad SMARTS) is 1. The summed E-state index contributed by atoms with van der Waals surface area (Å²) in [5.74, 6) is -1.12. The quantitative estimate of drug-likeness (QED) is 0.287. The van der Waals surface area contributed by atoms with E-state index in [0.717, 1.165) is 44.5 Å². The summed E-state index contributed by atoms with van der Waals surface area (Å²) in [6.07, 6.45) is -1.40. The van der Waals surface area contributed by atoms with Gasteiger partial charge in [-0.3, -0.25) is 9.69 Å². The zero-order valence-corrected chi connectivity index (χ0v) is 23.4. The second-order valence-electron chi connectivity index (χ2n) is 11.1. The number of piperidine rings is 1. The number of fused-ring (bicyclic) bond motifs is 6. The van der Waals surface area contributed by atoms with E-state index < -0.39 is 43.0 Å². The van der Waals surface area contributed by atoms with Gasteiger partial charge in [-0.15, -0.1) is 0 Å². The minimum atomic E-state index is -1.12. The van der Waals surface area contributed by atoms with Crippen LogP contribution in [0.4, 0.5) is 9.59 Å². The zero-order chi connectivity index (χ0) is 29.5. The summed E-state index contributed by atoms with van der Waals surface area (Å²) in [5.41, 5.74) is 7.78. The topological polar surface area (TPSA) is 96.4 Å². The van der Waals surface area contributed by atoms with E-state index in [4.69, 9.17) is 9.47 Å². The summed E-state index contributed by atoms with van der Waals surface area (Å²) in [4.78, 5) is 41.6. The van der Waals surface area contributed by atoms with Crippen molar-refractivity contribution in [2.24, 2.45) is 0 Å². The standard InChI is InChI=1S/C35H30N2O6/c38-31(39)21-37(35(41)43-33-29-15-7-3-11-25(29)26-12-4-8-16-30(26)33)22-17-19-36(20-18-22)34(40)42-32-27-13-5-1-9-23(27)24-10-2-6-14-28(24)32/h1-16,22,32-33H,17-21H2,(H,38,39). The first kappa shape index (κ1) is 26.8. The number of rotatable bonds is 5. The molecule has 1 saturated heterocycles. The van der Waals surface area contributed by atoms with Crippen molar-refractivity contribution in [2.75, 3.05) is 19.6 Å². The van der Waals surface area contributed by atoms with Crippen molar-refractivity contribution in [1.82, 2.24) is 9.80 Å². The predicted octanol–water partition coefficient (Wildman–Crippen LogP) is 6.65. The number of ether oxygens (including phenoxy) is 2. The fraction of sp³-hybridized carbons (Fsp3) is 0.229. The smallest absolute Gasteiger partial charge is 0.411 e. The molecule has 1 N–H and O–H groups in total. The average molecular weight is 575 g/mol. The van der Waals surface area contributed by atoms with Gasteiger partial charge in [-0.2, -0.15) is 0 Å². The van der Waals surface area contributed by atoms with Crippen LogP contribution in [0.1, 0.15) is 47.3 Å². The number of aliphatic carboxylic acids is 1. The average Bonchev–Trinajstić information content (AvgIpc) is 3.53. The first-order valence-corrected chi connectivity index (χ1v) is 14.5. The molecule has 0 atom stereocenters. The van der Waals surface area contributed by atoms with Crippen LogP contribution in [0.15, 0.2) is 97.1 Å². The van der Waals surface area contributed by atoms with Gasteiger partial charge in [0.25, 0.3) is 0 Å². The highest BCUT2D eigenvalue weighted by molar-refractivity contribution is 5.82. The molecule has 3 aliphatic rings. The van der Waals surface area contributed by atoms with Crippen LogP contribution in [0.3, 0.4) is 0 Å². The van der Waals surface area contributed by atoms with Gasteiger partial charge in [-0.05, 0) is 35.1 Å². The molecular formula is C35H30N2O6. The summed E-state index contributed by atoms with van der Waals surface area (Å²) in [6.45, 7) is 0.176. The molecule has 8 nitrogen and oxygen atoms in total. The van der Waals surface area contributed by atoms with Crippen LogP contribution in [-0.2, 0) is 14.3 Å². The molecule has 1 aliphatic heterocycles. The third-order valence-electron chi connectivity index (χ3n) is 8.69. The summed E-state index contributed by atoms with van der Waals surface area (Å²) < 4.78 is 12.1. The fourth-order valence-corrected chi connectivity index (χ4v) is 6.67. The zero-order valence-electron chi connectivity index (χ0n) is 23.4. The number of carbonyl (C=O) groups excluding carboxylic acids is 2. The van der Waals surface area contributed by atoms with Crippen LogP contribution < -0.4 is 0 Å². The van der Waals surface area contributed by atoms with Crippen molar-refractivity contribution in [2.45, 2.75) is 31.1 Å². The van der Waals surface area contributed by atoms with Crippen molar-refractivity contribution in [3.63, 3.8) is 0 Å². The summed E-state index contributed by atoms with van der Waals surface area (Å²) in [5, 5.41) is 9.67. The molecule has 0 radical (unpaired) electrons. The Morgan fingerprint density at radius 2 is 1.05 bits per heavy atom. The van der Waals surface area contributed by atoms with E-state index in [1.54, 1.807) is 4.90 Å². The number of likely N-dealkylation sites (tertiary alicyclic amines) is 1. The van der Waals surface area contributed by atoms with Gasteiger partial charge in [-0.1, -0.05) is 97.1 Å². The van der Waals surface area contributed by atoms with Gasteiger partial charge in [0.2, 0.25) is 0 Å². The SMILES string of the molecule is O=C(O)CN(C(=O)OC1c2ccccc2-c2ccccc21)C1CCN(C(=O)OC2c3ccccc3-c3ccccc32)CC1. The molecule has 0 saturated carbocycles. The van der Waals surface area contributed by atoms with Crippen molar-refractivity contribution in [3.8, 4) is 22.3 Å². The van der Waals surface area contributed by atoms with Crippen molar-refractivity contribution in [1.29, 1.82) is 0 Å². The van der Waals surface area contributed by atoms with Crippen LogP contribution >= 0.6 is 0 Å². The molecule has 0 spiro atoms. The number of benzene rings is 4. The second kappa shape index (κ2) is 10.9. The molecule has 1 heterocycles. The normalized spacial score (nSPS) is 15.7. The van der Waals surface area contributed by atoms with Crippen LogP contribution in [0, 0.1) is 0 Å². The second-order valence-corrected chi connectivity index (χ2v) is 11.1. The number of amides is 2. The lowest BCUT2D eigenvalue weighted by Gasteiger charge is -2.37. The van der Waals surface area contributed by atoms with Crippen LogP contribution in [0.5, 0.6) is 0 Å². The van der Waals surface area contributed by atoms with Crippen molar-refractivity contribution < 1.29 is 29.0 Å². The molecule has 216 valence electrons. The molecule has 1 fully saturated rings. The minimum Gasteiger partial charge on any atom is -0.480 e. The third kappa shape index (κ3) is 4.78. The summed E-state index contributed by atoms with van der Waals surface area (Å²) >= 11 is 0. The van der Waals surface area contributed by atoms with Crippen molar-refractivity contribution >= 4 is 18.2 Å². The van der Waals surface area contributed by atoms with E-state index in [1.165, 1.54) is 4.90 Å². The van der Waals surface area contributed by atoms with E-state index in [2.05, 4.69) is 0 Å². The van der Waals surface area contributed by atoms with E-state index in [9.17, 15) is 19.5 Å². The highest BCUT2D eigenvalue weighted by Gasteiger charge is 2.38. The van der Waals surface area contributed by atoms with Gasteiger partial charge in [-0.25, -0.2) is 9.59 Å². The molecule has 2 aliphatic carbocycles. The Balaban J connectivity index is 1.04. The van der Waals surface area contributed by atoms with E-state index in [0.29, 0.717) is 25.9 Å². The number of nitrogens with zero attached hydrogens (tertiary/aromatic N) is 2. The van der Waals surface area contributed by atoms with Crippen LogP contribution in [0.2, 0.25) is 0 Å².